The molecule has 0 aliphatic heterocycles. The van der Waals surface area contributed by atoms with Crippen molar-refractivity contribution < 1.29 is 9.59 Å². The number of nitrogens with zero attached hydrogens (tertiary/aromatic N) is 1. The van der Waals surface area contributed by atoms with E-state index in [2.05, 4.69) is 16.7 Å². The Hall–Kier alpha value is -3.65. The van der Waals surface area contributed by atoms with Gasteiger partial charge in [-0.1, -0.05) is 36.4 Å². The summed E-state index contributed by atoms with van der Waals surface area (Å²) in [7, 11) is 0. The molecule has 1 saturated carbocycles. The molecule has 0 atom stereocenters. The normalized spacial score (nSPS) is 13.0. The highest BCUT2D eigenvalue weighted by molar-refractivity contribution is 6.13. The van der Waals surface area contributed by atoms with Gasteiger partial charge in [0.2, 0.25) is 5.91 Å². The number of nitrogens with one attached hydrogen (secondary N) is 2. The van der Waals surface area contributed by atoms with E-state index < -0.39 is 0 Å². The van der Waals surface area contributed by atoms with Gasteiger partial charge in [-0.2, -0.15) is 5.26 Å². The SMILES string of the molecule is N#CCc1ccc(NC(=O)c2cc3ccccc3cc2NC(=O)C2CC2)cc1. The predicted molar refractivity (Wildman–Crippen MR) is 109 cm³/mol. The van der Waals surface area contributed by atoms with E-state index in [1.807, 2.05) is 42.5 Å². The maximum Gasteiger partial charge on any atom is 0.257 e. The van der Waals surface area contributed by atoms with E-state index in [1.54, 1.807) is 18.2 Å². The van der Waals surface area contributed by atoms with Crippen LogP contribution >= 0.6 is 0 Å². The quantitative estimate of drug-likeness (QED) is 0.694. The third-order valence-electron chi connectivity index (χ3n) is 4.83. The van der Waals surface area contributed by atoms with Crippen molar-refractivity contribution in [3.8, 4) is 6.07 Å². The average Bonchev–Trinajstić information content (AvgIpc) is 3.54. The molecule has 1 fully saturated rings. The highest BCUT2D eigenvalue weighted by Gasteiger charge is 2.30. The summed E-state index contributed by atoms with van der Waals surface area (Å²) < 4.78 is 0. The number of hydrogen-bond acceptors (Lipinski definition) is 3. The number of fused-ring (bicyclic) bond motifs is 1. The standard InChI is InChI=1S/C23H19N3O2/c24-12-11-15-5-9-19(10-6-15)25-23(28)20-13-17-3-1-2-4-18(17)14-21(20)26-22(27)16-7-8-16/h1-6,9-10,13-14,16H,7-8,11H2,(H,25,28)(H,26,27). The minimum atomic E-state index is -0.287. The number of hydrogen-bond donors (Lipinski definition) is 2. The highest BCUT2D eigenvalue weighted by atomic mass is 16.2. The van der Waals surface area contributed by atoms with Crippen molar-refractivity contribution in [1.29, 1.82) is 5.26 Å². The number of anilines is 2. The molecular formula is C23H19N3O2. The molecule has 3 aromatic rings. The lowest BCUT2D eigenvalue weighted by molar-refractivity contribution is -0.117. The molecule has 1 aliphatic rings. The van der Waals surface area contributed by atoms with Gasteiger partial charge in [0.15, 0.2) is 0 Å². The van der Waals surface area contributed by atoms with Gasteiger partial charge in [0.1, 0.15) is 0 Å². The van der Waals surface area contributed by atoms with Gasteiger partial charge < -0.3 is 10.6 Å². The van der Waals surface area contributed by atoms with Gasteiger partial charge in [-0.05, 0) is 53.4 Å². The molecule has 0 saturated heterocycles. The predicted octanol–water partition coefficient (Wildman–Crippen LogP) is 4.51. The van der Waals surface area contributed by atoms with E-state index in [-0.39, 0.29) is 17.7 Å². The zero-order valence-electron chi connectivity index (χ0n) is 15.2. The average molecular weight is 369 g/mol. The lowest BCUT2D eigenvalue weighted by Gasteiger charge is -2.13. The van der Waals surface area contributed by atoms with Gasteiger partial charge in [0.25, 0.3) is 5.91 Å². The fourth-order valence-electron chi connectivity index (χ4n) is 3.11. The number of carbonyl (C=O) groups is 2. The smallest absolute Gasteiger partial charge is 0.257 e. The monoisotopic (exact) mass is 369 g/mol. The zero-order chi connectivity index (χ0) is 19.5. The first kappa shape index (κ1) is 17.7. The minimum Gasteiger partial charge on any atom is -0.325 e. The second-order valence-corrected chi connectivity index (χ2v) is 6.99. The minimum absolute atomic E-state index is 0.0369. The van der Waals surface area contributed by atoms with Crippen LogP contribution < -0.4 is 10.6 Å². The molecule has 0 heterocycles. The largest absolute Gasteiger partial charge is 0.325 e. The van der Waals surface area contributed by atoms with Crippen LogP contribution in [0.4, 0.5) is 11.4 Å². The van der Waals surface area contributed by atoms with E-state index >= 15 is 0 Å². The van der Waals surface area contributed by atoms with Crippen molar-refractivity contribution in [2.45, 2.75) is 19.3 Å². The Bertz CT molecular complexity index is 1090. The number of nitriles is 1. The molecule has 4 rings (SSSR count). The van der Waals surface area contributed by atoms with Crippen molar-refractivity contribution in [1.82, 2.24) is 0 Å². The molecule has 28 heavy (non-hydrogen) atoms. The maximum atomic E-state index is 12.9. The summed E-state index contributed by atoms with van der Waals surface area (Å²) in [5, 5.41) is 16.5. The summed E-state index contributed by atoms with van der Waals surface area (Å²) in [4.78, 5) is 25.2. The van der Waals surface area contributed by atoms with Crippen LogP contribution in [0.2, 0.25) is 0 Å². The van der Waals surface area contributed by atoms with Gasteiger partial charge in [-0.25, -0.2) is 0 Å². The summed E-state index contributed by atoms with van der Waals surface area (Å²) in [6.07, 6.45) is 2.13. The Balaban J connectivity index is 1.63. The molecule has 0 unspecified atom stereocenters. The third kappa shape index (κ3) is 3.86. The first-order valence-electron chi connectivity index (χ1n) is 9.25. The zero-order valence-corrected chi connectivity index (χ0v) is 15.2. The Morgan fingerprint density at radius 3 is 2.29 bits per heavy atom. The third-order valence-corrected chi connectivity index (χ3v) is 4.83. The first-order valence-corrected chi connectivity index (χ1v) is 9.25. The molecule has 1 aliphatic carbocycles. The molecule has 138 valence electrons. The van der Waals surface area contributed by atoms with Crippen LogP contribution in [0.25, 0.3) is 10.8 Å². The van der Waals surface area contributed by atoms with Crippen LogP contribution in [0.15, 0.2) is 60.7 Å². The summed E-state index contributed by atoms with van der Waals surface area (Å²) in [5.74, 6) is -0.273. The van der Waals surface area contributed by atoms with Crippen LogP contribution in [0.1, 0.15) is 28.8 Å². The number of carbonyl (C=O) groups excluding carboxylic acids is 2. The van der Waals surface area contributed by atoms with E-state index in [4.69, 9.17) is 5.26 Å². The molecule has 3 aromatic carbocycles. The Morgan fingerprint density at radius 1 is 0.964 bits per heavy atom. The van der Waals surface area contributed by atoms with E-state index in [1.165, 1.54) is 0 Å². The fraction of sp³-hybridized carbons (Fsp3) is 0.174. The summed E-state index contributed by atoms with van der Waals surface area (Å²) >= 11 is 0. The molecule has 5 heteroatoms. The van der Waals surface area contributed by atoms with Crippen LogP contribution in [-0.4, -0.2) is 11.8 Å². The molecule has 2 amide bonds. The van der Waals surface area contributed by atoms with Crippen molar-refractivity contribution in [2.75, 3.05) is 10.6 Å². The van der Waals surface area contributed by atoms with Gasteiger partial charge in [0.05, 0.1) is 23.7 Å². The lowest BCUT2D eigenvalue weighted by atomic mass is 10.0. The maximum absolute atomic E-state index is 12.9. The van der Waals surface area contributed by atoms with Crippen molar-refractivity contribution in [3.05, 3.63) is 71.8 Å². The van der Waals surface area contributed by atoms with Crippen molar-refractivity contribution >= 4 is 34.0 Å². The van der Waals surface area contributed by atoms with Crippen LogP contribution in [0.3, 0.4) is 0 Å². The van der Waals surface area contributed by atoms with Crippen LogP contribution in [-0.2, 0) is 11.2 Å². The molecule has 0 bridgehead atoms. The van der Waals surface area contributed by atoms with E-state index in [0.29, 0.717) is 23.4 Å². The summed E-state index contributed by atoms with van der Waals surface area (Å²) in [5.41, 5.74) is 2.48. The first-order chi connectivity index (χ1) is 13.6. The van der Waals surface area contributed by atoms with Gasteiger partial charge in [0, 0.05) is 11.6 Å². The topological polar surface area (TPSA) is 82.0 Å². The molecule has 2 N–H and O–H groups in total. The Kier molecular flexibility index (Phi) is 4.77. The van der Waals surface area contributed by atoms with E-state index in [9.17, 15) is 9.59 Å². The second kappa shape index (κ2) is 7.53. The van der Waals surface area contributed by atoms with Crippen LogP contribution in [0, 0.1) is 17.2 Å². The van der Waals surface area contributed by atoms with Crippen molar-refractivity contribution in [2.24, 2.45) is 5.92 Å². The Morgan fingerprint density at radius 2 is 1.64 bits per heavy atom. The molecule has 0 radical (unpaired) electrons. The summed E-state index contributed by atoms with van der Waals surface area (Å²) in [6.45, 7) is 0. The lowest BCUT2D eigenvalue weighted by Crippen LogP contribution is -2.19. The number of amides is 2. The van der Waals surface area contributed by atoms with E-state index in [0.717, 1.165) is 29.2 Å². The van der Waals surface area contributed by atoms with Crippen molar-refractivity contribution in [3.63, 3.8) is 0 Å². The van der Waals surface area contributed by atoms with Gasteiger partial charge in [-0.15, -0.1) is 0 Å². The molecule has 0 aromatic heterocycles. The Labute approximate surface area is 163 Å². The van der Waals surface area contributed by atoms with Crippen LogP contribution in [0.5, 0.6) is 0 Å². The van der Waals surface area contributed by atoms with Gasteiger partial charge >= 0.3 is 0 Å². The number of rotatable bonds is 5. The summed E-state index contributed by atoms with van der Waals surface area (Å²) in [6, 6.07) is 20.7. The second-order valence-electron chi connectivity index (χ2n) is 6.99. The number of benzene rings is 3. The fourth-order valence-corrected chi connectivity index (χ4v) is 3.11. The molecular weight excluding hydrogens is 350 g/mol. The highest BCUT2D eigenvalue weighted by Crippen LogP contribution is 2.32. The molecule has 5 nitrogen and oxygen atoms in total. The van der Waals surface area contributed by atoms with Gasteiger partial charge in [-0.3, -0.25) is 9.59 Å². The molecule has 0 spiro atoms.